The minimum Gasteiger partial charge on any atom is -0.367 e. The number of fused-ring (bicyclic) bond motifs is 2. The first-order chi connectivity index (χ1) is 16.1. The molecule has 0 radical (unpaired) electrons. The summed E-state index contributed by atoms with van der Waals surface area (Å²) in [6.45, 7) is 4.56. The minimum atomic E-state index is -0.176. The van der Waals surface area contributed by atoms with E-state index in [1.165, 1.54) is 11.6 Å². The Morgan fingerprint density at radius 3 is 2.67 bits per heavy atom. The molecular weight excluding hydrogens is 439 g/mol. The van der Waals surface area contributed by atoms with Crippen molar-refractivity contribution in [3.63, 3.8) is 0 Å². The van der Waals surface area contributed by atoms with Crippen LogP contribution in [0.5, 0.6) is 0 Å². The smallest absolute Gasteiger partial charge is 0.251 e. The molecule has 1 aliphatic carbocycles. The van der Waals surface area contributed by atoms with E-state index in [-0.39, 0.29) is 11.7 Å². The van der Waals surface area contributed by atoms with E-state index in [1.807, 2.05) is 30.3 Å². The van der Waals surface area contributed by atoms with Crippen molar-refractivity contribution in [2.45, 2.75) is 25.7 Å². The van der Waals surface area contributed by atoms with E-state index in [4.69, 9.17) is 16.6 Å². The van der Waals surface area contributed by atoms with E-state index in [2.05, 4.69) is 15.1 Å². The first-order valence-electron chi connectivity index (χ1n) is 11.7. The summed E-state index contributed by atoms with van der Waals surface area (Å²) in [5.74, 6) is -0.276. The molecule has 0 unspecified atom stereocenters. The molecule has 3 aromatic rings. The Kier molecular flexibility index (Phi) is 6.47. The van der Waals surface area contributed by atoms with Crippen molar-refractivity contribution < 1.29 is 9.18 Å². The maximum absolute atomic E-state index is 14.0. The largest absolute Gasteiger partial charge is 0.367 e. The molecule has 33 heavy (non-hydrogen) atoms. The van der Waals surface area contributed by atoms with Crippen LogP contribution in [0.1, 0.15) is 34.5 Å². The van der Waals surface area contributed by atoms with Crippen LogP contribution in [0.2, 0.25) is 5.02 Å². The van der Waals surface area contributed by atoms with Crippen LogP contribution >= 0.6 is 11.6 Å². The molecule has 7 heteroatoms. The Hall–Kier alpha value is -2.70. The zero-order valence-corrected chi connectivity index (χ0v) is 19.4. The second kappa shape index (κ2) is 9.65. The van der Waals surface area contributed by atoms with Gasteiger partial charge in [-0.25, -0.2) is 4.39 Å². The Morgan fingerprint density at radius 1 is 1.06 bits per heavy atom. The highest BCUT2D eigenvalue weighted by molar-refractivity contribution is 6.36. The van der Waals surface area contributed by atoms with Gasteiger partial charge in [0.15, 0.2) is 0 Å². The number of halogens is 2. The van der Waals surface area contributed by atoms with Gasteiger partial charge >= 0.3 is 0 Å². The molecule has 2 aliphatic rings. The number of carbonyl (C=O) groups is 1. The number of aromatic nitrogens is 1. The second-order valence-corrected chi connectivity index (χ2v) is 9.20. The van der Waals surface area contributed by atoms with E-state index < -0.39 is 0 Å². The fourth-order valence-electron chi connectivity index (χ4n) is 4.86. The van der Waals surface area contributed by atoms with Gasteiger partial charge in [0, 0.05) is 55.9 Å². The lowest BCUT2D eigenvalue weighted by Crippen LogP contribution is -2.48. The van der Waals surface area contributed by atoms with E-state index in [0.717, 1.165) is 80.0 Å². The number of benzene rings is 2. The third-order valence-corrected chi connectivity index (χ3v) is 7.17. The summed E-state index contributed by atoms with van der Waals surface area (Å²) in [7, 11) is 0. The van der Waals surface area contributed by atoms with Crippen LogP contribution in [0.15, 0.2) is 42.5 Å². The van der Waals surface area contributed by atoms with Gasteiger partial charge in [0.25, 0.3) is 5.91 Å². The van der Waals surface area contributed by atoms with Crippen LogP contribution in [0.3, 0.4) is 0 Å². The lowest BCUT2D eigenvalue weighted by molar-refractivity contribution is 0.0948. The molecule has 5 rings (SSSR count). The van der Waals surface area contributed by atoms with Gasteiger partial charge in [0.2, 0.25) is 0 Å². The molecular formula is C26H28ClFN4O. The number of hydrogen-bond donors (Lipinski definition) is 1. The number of hydrogen-bond acceptors (Lipinski definition) is 4. The summed E-state index contributed by atoms with van der Waals surface area (Å²) in [5.41, 5.74) is 4.30. The number of rotatable bonds is 5. The molecule has 5 nitrogen and oxygen atoms in total. The maximum atomic E-state index is 14.0. The molecule has 1 aliphatic heterocycles. The molecule has 1 saturated heterocycles. The van der Waals surface area contributed by atoms with Crippen LogP contribution in [0, 0.1) is 5.82 Å². The first kappa shape index (κ1) is 22.1. The van der Waals surface area contributed by atoms with Gasteiger partial charge in [-0.2, -0.15) is 0 Å². The Balaban J connectivity index is 1.16. The molecule has 1 aromatic heterocycles. The average Bonchev–Trinajstić information content (AvgIpc) is 2.85. The summed E-state index contributed by atoms with van der Waals surface area (Å²) in [4.78, 5) is 21.9. The molecule has 1 amide bonds. The van der Waals surface area contributed by atoms with Gasteiger partial charge in [-0.1, -0.05) is 29.8 Å². The van der Waals surface area contributed by atoms with Crippen molar-refractivity contribution in [3.8, 4) is 0 Å². The number of nitrogens with one attached hydrogen (secondary N) is 1. The summed E-state index contributed by atoms with van der Waals surface area (Å²) in [6.07, 6.45) is 4.22. The van der Waals surface area contributed by atoms with Crippen LogP contribution in [-0.2, 0) is 12.8 Å². The standard InChI is InChI=1S/C26H28ClFN4O/c27-25-19-5-1-3-7-22(19)30-23-17-18(9-10-20(23)25)26(33)29-11-12-31-13-15-32(16-14-31)24-8-4-2-6-21(24)28/h2,4,6,8-10,17H,1,3,5,7,11-16H2,(H,29,33). The quantitative estimate of drug-likeness (QED) is 0.603. The molecule has 1 fully saturated rings. The number of pyridine rings is 1. The summed E-state index contributed by atoms with van der Waals surface area (Å²) in [5, 5.41) is 4.73. The first-order valence-corrected chi connectivity index (χ1v) is 12.1. The molecule has 0 saturated carbocycles. The molecule has 2 aromatic carbocycles. The van der Waals surface area contributed by atoms with Gasteiger partial charge < -0.3 is 10.2 Å². The van der Waals surface area contributed by atoms with Gasteiger partial charge in [0.1, 0.15) is 5.82 Å². The van der Waals surface area contributed by atoms with Gasteiger partial charge in [-0.3, -0.25) is 14.7 Å². The van der Waals surface area contributed by atoms with Gasteiger partial charge in [0.05, 0.1) is 16.2 Å². The minimum absolute atomic E-state index is 0.0995. The van der Waals surface area contributed by atoms with Gasteiger partial charge in [-0.15, -0.1) is 0 Å². The van der Waals surface area contributed by atoms with Crippen LogP contribution in [0.25, 0.3) is 10.9 Å². The number of amides is 1. The van der Waals surface area contributed by atoms with Crippen LogP contribution in [0.4, 0.5) is 10.1 Å². The van der Waals surface area contributed by atoms with E-state index in [9.17, 15) is 9.18 Å². The molecule has 172 valence electrons. The summed E-state index contributed by atoms with van der Waals surface area (Å²) >= 11 is 6.65. The lowest BCUT2D eigenvalue weighted by Gasteiger charge is -2.36. The summed E-state index contributed by atoms with van der Waals surface area (Å²) < 4.78 is 14.0. The third-order valence-electron chi connectivity index (χ3n) is 6.73. The second-order valence-electron chi connectivity index (χ2n) is 8.83. The fourth-order valence-corrected chi connectivity index (χ4v) is 5.22. The third kappa shape index (κ3) is 4.68. The zero-order valence-electron chi connectivity index (χ0n) is 18.6. The molecule has 0 bridgehead atoms. The molecule has 1 N–H and O–H groups in total. The van der Waals surface area contributed by atoms with Crippen molar-refractivity contribution in [1.29, 1.82) is 0 Å². The summed E-state index contributed by atoms with van der Waals surface area (Å²) in [6, 6.07) is 12.5. The molecule has 0 atom stereocenters. The van der Waals surface area contributed by atoms with E-state index in [0.29, 0.717) is 17.8 Å². The van der Waals surface area contributed by atoms with Crippen molar-refractivity contribution in [2.24, 2.45) is 0 Å². The number of carbonyl (C=O) groups excluding carboxylic acids is 1. The molecule has 2 heterocycles. The lowest BCUT2D eigenvalue weighted by atomic mass is 9.94. The number of para-hydroxylation sites is 1. The van der Waals surface area contributed by atoms with Gasteiger partial charge in [-0.05, 0) is 55.5 Å². The predicted molar refractivity (Wildman–Crippen MR) is 131 cm³/mol. The van der Waals surface area contributed by atoms with Crippen molar-refractivity contribution in [1.82, 2.24) is 15.2 Å². The number of nitrogens with zero attached hydrogens (tertiary/aromatic N) is 3. The van der Waals surface area contributed by atoms with E-state index >= 15 is 0 Å². The SMILES string of the molecule is O=C(NCCN1CCN(c2ccccc2F)CC1)c1ccc2c(Cl)c3c(nc2c1)CCCC3. The Bertz CT molecular complexity index is 1180. The Morgan fingerprint density at radius 2 is 1.85 bits per heavy atom. The molecule has 0 spiro atoms. The zero-order chi connectivity index (χ0) is 22.8. The number of piperazine rings is 1. The van der Waals surface area contributed by atoms with Crippen molar-refractivity contribution in [3.05, 3.63) is 70.1 Å². The van der Waals surface area contributed by atoms with Crippen LogP contribution in [-0.4, -0.2) is 55.1 Å². The predicted octanol–water partition coefficient (Wildman–Crippen LogP) is 4.46. The average molecular weight is 467 g/mol. The topological polar surface area (TPSA) is 48.5 Å². The highest BCUT2D eigenvalue weighted by Crippen LogP contribution is 2.33. The highest BCUT2D eigenvalue weighted by Gasteiger charge is 2.20. The van der Waals surface area contributed by atoms with E-state index in [1.54, 1.807) is 6.07 Å². The van der Waals surface area contributed by atoms with Crippen molar-refractivity contribution in [2.75, 3.05) is 44.2 Å². The van der Waals surface area contributed by atoms with Crippen molar-refractivity contribution >= 4 is 34.1 Å². The normalized spacial score (nSPS) is 16.6. The highest BCUT2D eigenvalue weighted by atomic mass is 35.5. The Labute approximate surface area is 198 Å². The number of aryl methyl sites for hydroxylation is 1. The monoisotopic (exact) mass is 466 g/mol. The van der Waals surface area contributed by atoms with Crippen LogP contribution < -0.4 is 10.2 Å². The number of anilines is 1. The maximum Gasteiger partial charge on any atom is 0.251 e. The fraction of sp³-hybridized carbons (Fsp3) is 0.385.